The van der Waals surface area contributed by atoms with Crippen molar-refractivity contribution in [3.8, 4) is 0 Å². The molecule has 0 saturated carbocycles. The third-order valence-electron chi connectivity index (χ3n) is 3.38. The standard InChI is InChI=1S/C17H20FN3O/c1-21(12-8-14-6-10-19-11-7-14)13-9-17(22)20-16-4-2-15(18)3-5-16/h2-7,10-11H,8-9,12-13H2,1H3,(H,20,22). The van der Waals surface area contributed by atoms with Crippen LogP contribution in [0.3, 0.4) is 0 Å². The Hall–Kier alpha value is -2.27. The molecule has 5 heteroatoms. The van der Waals surface area contributed by atoms with Gasteiger partial charge in [-0.05, 0) is 55.4 Å². The number of halogens is 1. The van der Waals surface area contributed by atoms with Crippen molar-refractivity contribution in [2.75, 3.05) is 25.5 Å². The molecule has 0 bridgehead atoms. The van der Waals surface area contributed by atoms with Crippen molar-refractivity contribution in [1.82, 2.24) is 9.88 Å². The summed E-state index contributed by atoms with van der Waals surface area (Å²) in [7, 11) is 1.99. The number of amides is 1. The Balaban J connectivity index is 1.68. The molecule has 116 valence electrons. The minimum absolute atomic E-state index is 0.0673. The van der Waals surface area contributed by atoms with E-state index in [9.17, 15) is 9.18 Å². The third-order valence-corrected chi connectivity index (χ3v) is 3.38. The van der Waals surface area contributed by atoms with Gasteiger partial charge in [0.2, 0.25) is 5.91 Å². The first-order valence-electron chi connectivity index (χ1n) is 7.26. The predicted molar refractivity (Wildman–Crippen MR) is 85.1 cm³/mol. The molecule has 0 radical (unpaired) electrons. The van der Waals surface area contributed by atoms with E-state index in [0.717, 1.165) is 13.0 Å². The first-order chi connectivity index (χ1) is 10.6. The number of nitrogens with zero attached hydrogens (tertiary/aromatic N) is 2. The molecule has 2 rings (SSSR count). The maximum absolute atomic E-state index is 12.8. The van der Waals surface area contributed by atoms with Crippen molar-refractivity contribution in [3.63, 3.8) is 0 Å². The van der Waals surface area contributed by atoms with E-state index in [1.54, 1.807) is 24.5 Å². The predicted octanol–water partition coefficient (Wildman–Crippen LogP) is 2.72. The SMILES string of the molecule is CN(CCC(=O)Nc1ccc(F)cc1)CCc1ccncc1. The number of rotatable bonds is 7. The number of aromatic nitrogens is 1. The normalized spacial score (nSPS) is 10.7. The molecule has 0 unspecified atom stereocenters. The molecule has 1 aromatic carbocycles. The molecular weight excluding hydrogens is 281 g/mol. The van der Waals surface area contributed by atoms with Gasteiger partial charge in [-0.15, -0.1) is 0 Å². The molecule has 4 nitrogen and oxygen atoms in total. The van der Waals surface area contributed by atoms with Gasteiger partial charge >= 0.3 is 0 Å². The molecule has 22 heavy (non-hydrogen) atoms. The zero-order valence-corrected chi connectivity index (χ0v) is 12.6. The zero-order chi connectivity index (χ0) is 15.8. The molecule has 1 N–H and O–H groups in total. The lowest BCUT2D eigenvalue weighted by Crippen LogP contribution is -2.26. The molecule has 0 aliphatic carbocycles. The van der Waals surface area contributed by atoms with Gasteiger partial charge in [0.05, 0.1) is 0 Å². The Morgan fingerprint density at radius 1 is 1.14 bits per heavy atom. The van der Waals surface area contributed by atoms with Gasteiger partial charge in [-0.1, -0.05) is 0 Å². The van der Waals surface area contributed by atoms with Gasteiger partial charge in [-0.3, -0.25) is 9.78 Å². The lowest BCUT2D eigenvalue weighted by atomic mass is 10.2. The van der Waals surface area contributed by atoms with Crippen LogP contribution in [0.5, 0.6) is 0 Å². The highest BCUT2D eigenvalue weighted by Crippen LogP contribution is 2.08. The molecule has 0 aliphatic rings. The molecule has 0 spiro atoms. The number of pyridine rings is 1. The second-order valence-corrected chi connectivity index (χ2v) is 5.21. The summed E-state index contributed by atoms with van der Waals surface area (Å²) in [5.74, 6) is -0.379. The van der Waals surface area contributed by atoms with Crippen LogP contribution >= 0.6 is 0 Å². The highest BCUT2D eigenvalue weighted by atomic mass is 19.1. The van der Waals surface area contributed by atoms with Crippen molar-refractivity contribution in [2.45, 2.75) is 12.8 Å². The number of hydrogen-bond acceptors (Lipinski definition) is 3. The Bertz CT molecular complexity index is 587. The van der Waals surface area contributed by atoms with Gasteiger partial charge in [-0.2, -0.15) is 0 Å². The second kappa shape index (κ2) is 8.24. The Morgan fingerprint density at radius 3 is 2.50 bits per heavy atom. The number of likely N-dealkylation sites (N-methyl/N-ethyl adjacent to an activating group) is 1. The number of benzene rings is 1. The summed E-state index contributed by atoms with van der Waals surface area (Å²) in [4.78, 5) is 17.9. The van der Waals surface area contributed by atoms with E-state index < -0.39 is 0 Å². The quantitative estimate of drug-likeness (QED) is 0.855. The third kappa shape index (κ3) is 5.61. The lowest BCUT2D eigenvalue weighted by molar-refractivity contribution is -0.116. The van der Waals surface area contributed by atoms with E-state index >= 15 is 0 Å². The van der Waals surface area contributed by atoms with Crippen molar-refractivity contribution in [2.24, 2.45) is 0 Å². The van der Waals surface area contributed by atoms with Crippen LogP contribution in [0.15, 0.2) is 48.8 Å². The number of anilines is 1. The van der Waals surface area contributed by atoms with Gasteiger partial charge in [0.1, 0.15) is 5.82 Å². The molecule has 0 fully saturated rings. The Labute approximate surface area is 130 Å². The monoisotopic (exact) mass is 301 g/mol. The number of carbonyl (C=O) groups is 1. The molecule has 0 atom stereocenters. The smallest absolute Gasteiger partial charge is 0.225 e. The highest BCUT2D eigenvalue weighted by molar-refractivity contribution is 5.90. The fourth-order valence-electron chi connectivity index (χ4n) is 2.03. The summed E-state index contributed by atoms with van der Waals surface area (Å²) in [6, 6.07) is 9.76. The largest absolute Gasteiger partial charge is 0.326 e. The fraction of sp³-hybridized carbons (Fsp3) is 0.294. The van der Waals surface area contributed by atoms with Gasteiger partial charge in [-0.25, -0.2) is 4.39 Å². The molecule has 2 aromatic rings. The maximum Gasteiger partial charge on any atom is 0.225 e. The molecular formula is C17H20FN3O. The number of hydrogen-bond donors (Lipinski definition) is 1. The minimum atomic E-state index is -0.311. The average Bonchev–Trinajstić information content (AvgIpc) is 2.54. The molecule has 1 heterocycles. The summed E-state index contributed by atoms with van der Waals surface area (Å²) < 4.78 is 12.8. The van der Waals surface area contributed by atoms with Crippen molar-refractivity contribution in [1.29, 1.82) is 0 Å². The summed E-state index contributed by atoms with van der Waals surface area (Å²) in [5, 5.41) is 2.76. The summed E-state index contributed by atoms with van der Waals surface area (Å²) in [5.41, 5.74) is 1.85. The minimum Gasteiger partial charge on any atom is -0.326 e. The van der Waals surface area contributed by atoms with Crippen LogP contribution in [0.1, 0.15) is 12.0 Å². The van der Waals surface area contributed by atoms with E-state index in [1.165, 1.54) is 17.7 Å². The van der Waals surface area contributed by atoms with E-state index in [1.807, 2.05) is 19.2 Å². The van der Waals surface area contributed by atoms with E-state index in [4.69, 9.17) is 0 Å². The van der Waals surface area contributed by atoms with E-state index in [0.29, 0.717) is 18.7 Å². The van der Waals surface area contributed by atoms with Crippen molar-refractivity contribution < 1.29 is 9.18 Å². The van der Waals surface area contributed by atoms with Crippen LogP contribution < -0.4 is 5.32 Å². The summed E-state index contributed by atoms with van der Waals surface area (Å²) >= 11 is 0. The highest BCUT2D eigenvalue weighted by Gasteiger charge is 2.05. The topological polar surface area (TPSA) is 45.2 Å². The van der Waals surface area contributed by atoms with Gasteiger partial charge in [0.15, 0.2) is 0 Å². The maximum atomic E-state index is 12.8. The van der Waals surface area contributed by atoms with Crippen LogP contribution in [-0.2, 0) is 11.2 Å². The van der Waals surface area contributed by atoms with Crippen LogP contribution in [0.4, 0.5) is 10.1 Å². The Morgan fingerprint density at radius 2 is 1.82 bits per heavy atom. The second-order valence-electron chi connectivity index (χ2n) is 5.21. The van der Waals surface area contributed by atoms with Gasteiger partial charge < -0.3 is 10.2 Å². The van der Waals surface area contributed by atoms with Gasteiger partial charge in [0.25, 0.3) is 0 Å². The first-order valence-corrected chi connectivity index (χ1v) is 7.26. The Kier molecular flexibility index (Phi) is 6.03. The lowest BCUT2D eigenvalue weighted by Gasteiger charge is -2.16. The number of carbonyl (C=O) groups excluding carboxylic acids is 1. The summed E-state index contributed by atoms with van der Waals surface area (Å²) in [6.07, 6.45) is 4.90. The van der Waals surface area contributed by atoms with Crippen LogP contribution in [0, 0.1) is 5.82 Å². The summed E-state index contributed by atoms with van der Waals surface area (Å²) in [6.45, 7) is 1.56. The van der Waals surface area contributed by atoms with E-state index in [2.05, 4.69) is 15.2 Å². The van der Waals surface area contributed by atoms with Crippen LogP contribution in [0.25, 0.3) is 0 Å². The molecule has 1 aromatic heterocycles. The fourth-order valence-corrected chi connectivity index (χ4v) is 2.03. The molecule has 1 amide bonds. The zero-order valence-electron chi connectivity index (χ0n) is 12.6. The van der Waals surface area contributed by atoms with Crippen LogP contribution in [-0.4, -0.2) is 35.9 Å². The van der Waals surface area contributed by atoms with Crippen LogP contribution in [0.2, 0.25) is 0 Å². The molecule has 0 saturated heterocycles. The van der Waals surface area contributed by atoms with Crippen molar-refractivity contribution in [3.05, 3.63) is 60.2 Å². The van der Waals surface area contributed by atoms with Crippen molar-refractivity contribution >= 4 is 11.6 Å². The first kappa shape index (κ1) is 16.1. The molecule has 0 aliphatic heterocycles. The average molecular weight is 301 g/mol. The van der Waals surface area contributed by atoms with E-state index in [-0.39, 0.29) is 11.7 Å². The number of nitrogens with one attached hydrogen (secondary N) is 1. The van der Waals surface area contributed by atoms with Gasteiger partial charge in [0, 0.05) is 37.6 Å².